The van der Waals surface area contributed by atoms with Crippen molar-refractivity contribution < 1.29 is 4.42 Å². The summed E-state index contributed by atoms with van der Waals surface area (Å²) in [4.78, 5) is 15.1. The molecule has 0 atom stereocenters. The largest absolute Gasteiger partial charge is 0.455 e. The van der Waals surface area contributed by atoms with E-state index >= 15 is 0 Å². The van der Waals surface area contributed by atoms with Gasteiger partial charge >= 0.3 is 0 Å². The van der Waals surface area contributed by atoms with E-state index in [0.717, 1.165) is 54.8 Å². The molecule has 0 aliphatic carbocycles. The third kappa shape index (κ3) is 4.50. The van der Waals surface area contributed by atoms with Crippen LogP contribution in [0.15, 0.2) is 168 Å². The van der Waals surface area contributed by atoms with E-state index in [0.29, 0.717) is 17.5 Å². The number of thiophene rings is 1. The van der Waals surface area contributed by atoms with Gasteiger partial charge in [-0.1, -0.05) is 140 Å². The van der Waals surface area contributed by atoms with Crippen LogP contribution in [0.4, 0.5) is 0 Å². The summed E-state index contributed by atoms with van der Waals surface area (Å²) < 4.78 is 9.37. The van der Waals surface area contributed by atoms with Gasteiger partial charge in [-0.25, -0.2) is 15.0 Å². The predicted molar refractivity (Wildman–Crippen MR) is 217 cm³/mol. The van der Waals surface area contributed by atoms with Gasteiger partial charge in [0.15, 0.2) is 17.5 Å². The van der Waals surface area contributed by atoms with Crippen molar-refractivity contribution >= 4 is 75.0 Å². The minimum Gasteiger partial charge on any atom is -0.455 e. The van der Waals surface area contributed by atoms with Gasteiger partial charge in [-0.3, -0.25) is 0 Å². The third-order valence-corrected chi connectivity index (χ3v) is 11.3. The molecule has 0 saturated heterocycles. The molecule has 3 heterocycles. The molecule has 4 nitrogen and oxygen atoms in total. The fraction of sp³-hybridized carbons (Fsp3) is 0. The maximum Gasteiger partial charge on any atom is 0.164 e. The van der Waals surface area contributed by atoms with Crippen LogP contribution in [0.25, 0.3) is 109 Å². The summed E-state index contributed by atoms with van der Waals surface area (Å²) in [5, 5.41) is 9.24. The van der Waals surface area contributed by atoms with Gasteiger partial charge in [0.2, 0.25) is 0 Å². The summed E-state index contributed by atoms with van der Waals surface area (Å²) in [5.74, 6) is 1.86. The Kier molecular flexibility index (Phi) is 6.39. The van der Waals surface area contributed by atoms with E-state index in [-0.39, 0.29) is 0 Å². The molecule has 0 aliphatic heterocycles. The minimum atomic E-state index is 0.598. The molecule has 0 bridgehead atoms. The standard InChI is InChI=1S/C47H27N3OS/c1-2-13-29(14-3-1)45-48-46(50-47(49-45)38-22-10-15-28-12-4-5-16-31(28)38)30-24-25-33-40-27-39(32-17-6-7-19-35(32)43(40)51-41(33)26-30)37-21-11-20-36-34-18-8-9-23-42(34)52-44(36)37/h1-27H. The molecule has 0 unspecified atom stereocenters. The zero-order chi connectivity index (χ0) is 34.2. The lowest BCUT2D eigenvalue weighted by Gasteiger charge is -2.10. The van der Waals surface area contributed by atoms with Crippen molar-refractivity contribution in [2.24, 2.45) is 0 Å². The predicted octanol–water partition coefficient (Wildman–Crippen LogP) is 13.1. The molecule has 3 aromatic heterocycles. The van der Waals surface area contributed by atoms with Crippen LogP contribution >= 0.6 is 11.3 Å². The van der Waals surface area contributed by atoms with Crippen LogP contribution in [-0.4, -0.2) is 15.0 Å². The first kappa shape index (κ1) is 29.1. The summed E-state index contributed by atoms with van der Waals surface area (Å²) >= 11 is 1.86. The first-order valence-electron chi connectivity index (χ1n) is 17.4. The highest BCUT2D eigenvalue weighted by Gasteiger charge is 2.19. The molecule has 0 N–H and O–H groups in total. The highest BCUT2D eigenvalue weighted by atomic mass is 32.1. The molecular formula is C47H27N3OS. The molecule has 8 aromatic carbocycles. The second kappa shape index (κ2) is 11.4. The van der Waals surface area contributed by atoms with Crippen molar-refractivity contribution in [1.82, 2.24) is 15.0 Å². The van der Waals surface area contributed by atoms with Gasteiger partial charge in [0.05, 0.1) is 0 Å². The highest BCUT2D eigenvalue weighted by molar-refractivity contribution is 7.26. The van der Waals surface area contributed by atoms with E-state index in [2.05, 4.69) is 133 Å². The minimum absolute atomic E-state index is 0.598. The molecule has 242 valence electrons. The number of nitrogens with zero attached hydrogens (tertiary/aromatic N) is 3. The summed E-state index contributed by atoms with van der Waals surface area (Å²) in [5.41, 5.74) is 6.89. The molecule has 0 fully saturated rings. The second-order valence-corrected chi connectivity index (χ2v) is 14.2. The number of fused-ring (bicyclic) bond motifs is 9. The van der Waals surface area contributed by atoms with Gasteiger partial charge in [-0.2, -0.15) is 0 Å². The molecule has 0 amide bonds. The molecule has 11 rings (SSSR count). The Bertz CT molecular complexity index is 3190. The van der Waals surface area contributed by atoms with Crippen LogP contribution in [0, 0.1) is 0 Å². The first-order valence-corrected chi connectivity index (χ1v) is 18.2. The molecule has 11 aromatic rings. The van der Waals surface area contributed by atoms with Crippen molar-refractivity contribution in [3.63, 3.8) is 0 Å². The van der Waals surface area contributed by atoms with Crippen LogP contribution in [0.2, 0.25) is 0 Å². The Morgan fingerprint density at radius 2 is 1.04 bits per heavy atom. The molecule has 0 spiro atoms. The fourth-order valence-corrected chi connectivity index (χ4v) is 8.91. The molecule has 0 radical (unpaired) electrons. The Balaban J connectivity index is 1.12. The van der Waals surface area contributed by atoms with Crippen molar-refractivity contribution in [2.45, 2.75) is 0 Å². The van der Waals surface area contributed by atoms with Crippen molar-refractivity contribution in [2.75, 3.05) is 0 Å². The van der Waals surface area contributed by atoms with Crippen molar-refractivity contribution in [1.29, 1.82) is 0 Å². The van der Waals surface area contributed by atoms with Crippen molar-refractivity contribution in [3.05, 3.63) is 164 Å². The Labute approximate surface area is 302 Å². The van der Waals surface area contributed by atoms with Gasteiger partial charge in [0.25, 0.3) is 0 Å². The molecule has 52 heavy (non-hydrogen) atoms. The summed E-state index contributed by atoms with van der Waals surface area (Å²) in [6, 6.07) is 57.3. The van der Waals surface area contributed by atoms with E-state index < -0.39 is 0 Å². The lowest BCUT2D eigenvalue weighted by atomic mass is 9.94. The van der Waals surface area contributed by atoms with E-state index in [9.17, 15) is 0 Å². The third-order valence-electron chi connectivity index (χ3n) is 10.1. The average molecular weight is 682 g/mol. The van der Waals surface area contributed by atoms with Gasteiger partial charge in [0.1, 0.15) is 11.2 Å². The van der Waals surface area contributed by atoms with Gasteiger partial charge < -0.3 is 4.42 Å². The van der Waals surface area contributed by atoms with Crippen LogP contribution in [0.3, 0.4) is 0 Å². The smallest absolute Gasteiger partial charge is 0.164 e. The fourth-order valence-electron chi connectivity index (χ4n) is 7.68. The van der Waals surface area contributed by atoms with E-state index in [1.165, 1.54) is 36.7 Å². The number of benzene rings is 8. The number of hydrogen-bond donors (Lipinski definition) is 0. The monoisotopic (exact) mass is 681 g/mol. The Morgan fingerprint density at radius 1 is 0.385 bits per heavy atom. The number of hydrogen-bond acceptors (Lipinski definition) is 5. The quantitative estimate of drug-likeness (QED) is 0.185. The maximum absolute atomic E-state index is 6.77. The number of aromatic nitrogens is 3. The maximum atomic E-state index is 6.77. The molecule has 0 saturated carbocycles. The number of furan rings is 1. The van der Waals surface area contributed by atoms with Gasteiger partial charge in [-0.05, 0) is 46.0 Å². The zero-order valence-electron chi connectivity index (χ0n) is 27.7. The van der Waals surface area contributed by atoms with Crippen molar-refractivity contribution in [3.8, 4) is 45.3 Å². The molecular weight excluding hydrogens is 655 g/mol. The van der Waals surface area contributed by atoms with Gasteiger partial charge in [0, 0.05) is 58.6 Å². The van der Waals surface area contributed by atoms with E-state index in [1.54, 1.807) is 0 Å². The van der Waals surface area contributed by atoms with Crippen LogP contribution in [-0.2, 0) is 0 Å². The molecule has 0 aliphatic rings. The van der Waals surface area contributed by atoms with Crippen LogP contribution < -0.4 is 0 Å². The van der Waals surface area contributed by atoms with E-state index in [1.807, 2.05) is 41.7 Å². The topological polar surface area (TPSA) is 51.8 Å². The normalized spacial score (nSPS) is 11.8. The average Bonchev–Trinajstić information content (AvgIpc) is 3.79. The molecule has 5 heteroatoms. The SMILES string of the molecule is c1ccc(-c2nc(-c3ccc4c(c3)oc3c5ccccc5c(-c5cccc6c5sc5ccccc56)cc43)nc(-c3cccc4ccccc34)n2)cc1. The Morgan fingerprint density at radius 3 is 1.92 bits per heavy atom. The first-order chi connectivity index (χ1) is 25.8. The number of rotatable bonds is 4. The summed E-state index contributed by atoms with van der Waals surface area (Å²) in [6.07, 6.45) is 0. The highest BCUT2D eigenvalue weighted by Crippen LogP contribution is 2.45. The van der Waals surface area contributed by atoms with Crippen LogP contribution in [0.5, 0.6) is 0 Å². The lowest BCUT2D eigenvalue weighted by Crippen LogP contribution is -2.00. The van der Waals surface area contributed by atoms with Crippen LogP contribution in [0.1, 0.15) is 0 Å². The van der Waals surface area contributed by atoms with Gasteiger partial charge in [-0.15, -0.1) is 11.3 Å². The summed E-state index contributed by atoms with van der Waals surface area (Å²) in [6.45, 7) is 0. The summed E-state index contributed by atoms with van der Waals surface area (Å²) in [7, 11) is 0. The lowest BCUT2D eigenvalue weighted by molar-refractivity contribution is 0.673. The van der Waals surface area contributed by atoms with E-state index in [4.69, 9.17) is 19.4 Å². The zero-order valence-corrected chi connectivity index (χ0v) is 28.6. The Hall–Kier alpha value is -6.69. The second-order valence-electron chi connectivity index (χ2n) is 13.1.